The number of carbonyl (C=O) groups is 1. The predicted octanol–water partition coefficient (Wildman–Crippen LogP) is 5.13. The summed E-state index contributed by atoms with van der Waals surface area (Å²) in [5.74, 6) is -0.356. The van der Waals surface area contributed by atoms with Crippen LogP contribution in [0.25, 0.3) is 16.9 Å². The zero-order valence-electron chi connectivity index (χ0n) is 17.1. The first-order valence-electron chi connectivity index (χ1n) is 10.0. The molecular formula is C22H23F3N4O. The Balaban J connectivity index is 1.83. The number of carbonyl (C=O) groups excluding carboxylic acids is 1. The fourth-order valence-electron chi connectivity index (χ4n) is 4.11. The van der Waals surface area contributed by atoms with Gasteiger partial charge in [-0.05, 0) is 46.1 Å². The standard InChI is InChI=1S/C22H23F3N4O/c1-13-7-9-16(10-8-13)17-11-19(22(23,24)25)29-20(26-17)12-18(27-29)21(30)28-14(2)5-4-6-15(28)3/h7-12,14-15H,4-6H2,1-3H3. The van der Waals surface area contributed by atoms with Gasteiger partial charge in [0.1, 0.15) is 0 Å². The number of aromatic nitrogens is 3. The summed E-state index contributed by atoms with van der Waals surface area (Å²) in [6.07, 6.45) is -1.88. The molecule has 1 amide bonds. The van der Waals surface area contributed by atoms with Crippen LogP contribution in [0.3, 0.4) is 0 Å². The molecule has 5 nitrogen and oxygen atoms in total. The molecule has 1 aliphatic rings. The summed E-state index contributed by atoms with van der Waals surface area (Å²) >= 11 is 0. The van der Waals surface area contributed by atoms with Gasteiger partial charge in [-0.1, -0.05) is 29.8 Å². The number of rotatable bonds is 2. The van der Waals surface area contributed by atoms with Crippen LogP contribution in [0, 0.1) is 6.92 Å². The third kappa shape index (κ3) is 3.66. The van der Waals surface area contributed by atoms with Crippen LogP contribution in [0.15, 0.2) is 36.4 Å². The van der Waals surface area contributed by atoms with Crippen molar-refractivity contribution in [2.24, 2.45) is 0 Å². The zero-order valence-corrected chi connectivity index (χ0v) is 17.1. The molecule has 1 fully saturated rings. The second-order valence-electron chi connectivity index (χ2n) is 8.03. The molecule has 3 heterocycles. The van der Waals surface area contributed by atoms with Gasteiger partial charge in [-0.15, -0.1) is 0 Å². The monoisotopic (exact) mass is 416 g/mol. The number of piperidine rings is 1. The third-order valence-corrected chi connectivity index (χ3v) is 5.71. The van der Waals surface area contributed by atoms with Crippen molar-refractivity contribution in [2.75, 3.05) is 0 Å². The zero-order chi connectivity index (χ0) is 21.6. The average molecular weight is 416 g/mol. The molecule has 3 aromatic rings. The molecule has 2 aromatic heterocycles. The second kappa shape index (κ2) is 7.41. The Labute approximate surface area is 172 Å². The van der Waals surface area contributed by atoms with Crippen LogP contribution in [0.2, 0.25) is 0 Å². The van der Waals surface area contributed by atoms with Gasteiger partial charge in [0.25, 0.3) is 5.91 Å². The fraction of sp³-hybridized carbons (Fsp3) is 0.409. The molecule has 0 spiro atoms. The molecule has 1 aromatic carbocycles. The molecule has 0 aliphatic carbocycles. The lowest BCUT2D eigenvalue weighted by Crippen LogP contribution is -2.47. The van der Waals surface area contributed by atoms with Crippen LogP contribution >= 0.6 is 0 Å². The highest BCUT2D eigenvalue weighted by molar-refractivity contribution is 5.94. The fourth-order valence-corrected chi connectivity index (χ4v) is 4.11. The van der Waals surface area contributed by atoms with Crippen molar-refractivity contribution in [3.05, 3.63) is 53.3 Å². The van der Waals surface area contributed by atoms with Gasteiger partial charge in [-0.3, -0.25) is 4.79 Å². The van der Waals surface area contributed by atoms with E-state index in [0.29, 0.717) is 5.56 Å². The summed E-state index contributed by atoms with van der Waals surface area (Å²) in [5, 5.41) is 4.01. The quantitative estimate of drug-likeness (QED) is 0.582. The largest absolute Gasteiger partial charge is 0.433 e. The van der Waals surface area contributed by atoms with Crippen LogP contribution < -0.4 is 0 Å². The van der Waals surface area contributed by atoms with Gasteiger partial charge in [0, 0.05) is 23.7 Å². The molecule has 4 rings (SSSR count). The highest BCUT2D eigenvalue weighted by Crippen LogP contribution is 2.33. The number of likely N-dealkylation sites (tertiary alicyclic amines) is 1. The summed E-state index contributed by atoms with van der Waals surface area (Å²) in [5.41, 5.74) is 0.782. The molecule has 2 unspecified atom stereocenters. The van der Waals surface area contributed by atoms with E-state index in [-0.39, 0.29) is 35.0 Å². The topological polar surface area (TPSA) is 50.5 Å². The number of benzene rings is 1. The lowest BCUT2D eigenvalue weighted by molar-refractivity contribution is -0.142. The number of nitrogens with zero attached hydrogens (tertiary/aromatic N) is 4. The minimum atomic E-state index is -4.64. The van der Waals surface area contributed by atoms with Gasteiger partial charge in [-0.25, -0.2) is 9.50 Å². The van der Waals surface area contributed by atoms with Gasteiger partial charge in [0.15, 0.2) is 17.0 Å². The van der Waals surface area contributed by atoms with E-state index in [1.165, 1.54) is 6.07 Å². The normalized spacial score (nSPS) is 20.0. The van der Waals surface area contributed by atoms with E-state index in [4.69, 9.17) is 0 Å². The van der Waals surface area contributed by atoms with Gasteiger partial charge in [0.2, 0.25) is 0 Å². The summed E-state index contributed by atoms with van der Waals surface area (Å²) in [7, 11) is 0. The van der Waals surface area contributed by atoms with Gasteiger partial charge >= 0.3 is 6.18 Å². The Kier molecular flexibility index (Phi) is 5.03. The van der Waals surface area contributed by atoms with Crippen molar-refractivity contribution in [3.63, 3.8) is 0 Å². The Bertz CT molecular complexity index is 1080. The first-order valence-corrected chi connectivity index (χ1v) is 10.0. The van der Waals surface area contributed by atoms with E-state index < -0.39 is 11.9 Å². The molecule has 1 saturated heterocycles. The molecule has 0 N–H and O–H groups in total. The minimum absolute atomic E-state index is 0.000987. The average Bonchev–Trinajstić information content (AvgIpc) is 3.11. The molecule has 2 atom stereocenters. The van der Waals surface area contributed by atoms with Crippen molar-refractivity contribution < 1.29 is 18.0 Å². The highest BCUT2D eigenvalue weighted by atomic mass is 19.4. The third-order valence-electron chi connectivity index (χ3n) is 5.71. The highest BCUT2D eigenvalue weighted by Gasteiger charge is 2.37. The number of hydrogen-bond donors (Lipinski definition) is 0. The van der Waals surface area contributed by atoms with E-state index in [1.807, 2.05) is 32.9 Å². The lowest BCUT2D eigenvalue weighted by atomic mass is 9.97. The summed E-state index contributed by atoms with van der Waals surface area (Å²) in [6.45, 7) is 5.81. The molecule has 30 heavy (non-hydrogen) atoms. The molecule has 0 radical (unpaired) electrons. The molecular weight excluding hydrogens is 393 g/mol. The Morgan fingerprint density at radius 2 is 1.70 bits per heavy atom. The molecule has 1 aliphatic heterocycles. The first-order chi connectivity index (χ1) is 14.1. The van der Waals surface area contributed by atoms with E-state index in [9.17, 15) is 18.0 Å². The van der Waals surface area contributed by atoms with Crippen molar-refractivity contribution in [1.29, 1.82) is 0 Å². The van der Waals surface area contributed by atoms with Crippen molar-refractivity contribution in [2.45, 2.75) is 58.3 Å². The molecule has 0 saturated carbocycles. The predicted molar refractivity (Wildman–Crippen MR) is 107 cm³/mol. The van der Waals surface area contributed by atoms with Crippen molar-refractivity contribution >= 4 is 11.6 Å². The number of halogens is 3. The van der Waals surface area contributed by atoms with E-state index in [2.05, 4.69) is 10.1 Å². The summed E-state index contributed by atoms with van der Waals surface area (Å²) in [6, 6.07) is 9.46. The Morgan fingerprint density at radius 3 is 2.30 bits per heavy atom. The molecule has 8 heteroatoms. The second-order valence-corrected chi connectivity index (χ2v) is 8.03. The maximum atomic E-state index is 13.8. The van der Waals surface area contributed by atoms with Crippen LogP contribution in [0.1, 0.15) is 54.9 Å². The molecule has 0 bridgehead atoms. The maximum Gasteiger partial charge on any atom is 0.433 e. The number of alkyl halides is 3. The van der Waals surface area contributed by atoms with E-state index >= 15 is 0 Å². The van der Waals surface area contributed by atoms with E-state index in [0.717, 1.165) is 35.4 Å². The van der Waals surface area contributed by atoms with Crippen LogP contribution in [0.4, 0.5) is 13.2 Å². The number of fused-ring (bicyclic) bond motifs is 1. The minimum Gasteiger partial charge on any atom is -0.332 e. The maximum absolute atomic E-state index is 13.8. The number of hydrogen-bond acceptors (Lipinski definition) is 3. The first kappa shape index (κ1) is 20.4. The number of amides is 1. The SMILES string of the molecule is Cc1ccc(-c2cc(C(F)(F)F)n3nc(C(=O)N4C(C)CCCC4C)cc3n2)cc1. The lowest BCUT2D eigenvalue weighted by Gasteiger charge is -2.38. The van der Waals surface area contributed by atoms with Crippen LogP contribution in [0.5, 0.6) is 0 Å². The van der Waals surface area contributed by atoms with Crippen LogP contribution in [-0.2, 0) is 6.18 Å². The van der Waals surface area contributed by atoms with Gasteiger partial charge < -0.3 is 4.90 Å². The Hall–Kier alpha value is -2.90. The van der Waals surface area contributed by atoms with Gasteiger partial charge in [0.05, 0.1) is 5.69 Å². The summed E-state index contributed by atoms with van der Waals surface area (Å²) in [4.78, 5) is 19.2. The van der Waals surface area contributed by atoms with E-state index in [1.54, 1.807) is 17.0 Å². The van der Waals surface area contributed by atoms with Crippen molar-refractivity contribution in [3.8, 4) is 11.3 Å². The number of aryl methyl sites for hydroxylation is 1. The smallest absolute Gasteiger partial charge is 0.332 e. The molecule has 158 valence electrons. The Morgan fingerprint density at radius 1 is 1.07 bits per heavy atom. The van der Waals surface area contributed by atoms with Crippen LogP contribution in [-0.4, -0.2) is 37.5 Å². The summed E-state index contributed by atoms with van der Waals surface area (Å²) < 4.78 is 42.1. The van der Waals surface area contributed by atoms with Gasteiger partial charge in [-0.2, -0.15) is 18.3 Å². The van der Waals surface area contributed by atoms with Crippen molar-refractivity contribution in [1.82, 2.24) is 19.5 Å².